The van der Waals surface area contributed by atoms with E-state index in [0.717, 1.165) is 24.2 Å². The van der Waals surface area contributed by atoms with Crippen LogP contribution in [0.15, 0.2) is 18.6 Å². The average Bonchev–Trinajstić information content (AvgIpc) is 2.38. The van der Waals surface area contributed by atoms with Crippen LogP contribution in [0, 0.1) is 0 Å². The third kappa shape index (κ3) is 1.59. The number of anilines is 1. The third-order valence-electron chi connectivity index (χ3n) is 4.10. The first-order valence-electron chi connectivity index (χ1n) is 6.44. The summed E-state index contributed by atoms with van der Waals surface area (Å²) in [6.07, 6.45) is 8.01. The van der Waals surface area contributed by atoms with Crippen molar-refractivity contribution < 1.29 is 9.90 Å². The van der Waals surface area contributed by atoms with Gasteiger partial charge in [0.2, 0.25) is 0 Å². The van der Waals surface area contributed by atoms with E-state index in [2.05, 4.69) is 14.9 Å². The number of rotatable bonds is 2. The zero-order valence-electron chi connectivity index (χ0n) is 10.8. The maximum atomic E-state index is 11.4. The van der Waals surface area contributed by atoms with Crippen molar-refractivity contribution in [3.8, 4) is 0 Å². The number of hydrogen-bond acceptors (Lipinski definition) is 4. The number of carboxylic acid groups (broad SMARTS) is 1. The Balaban J connectivity index is 2.02. The van der Waals surface area contributed by atoms with Crippen molar-refractivity contribution >= 4 is 18.0 Å². The van der Waals surface area contributed by atoms with Gasteiger partial charge < -0.3 is 10.0 Å². The molecular weight excluding hydrogens is 244 g/mol. The van der Waals surface area contributed by atoms with Crippen molar-refractivity contribution in [2.75, 3.05) is 18.0 Å². The summed E-state index contributed by atoms with van der Waals surface area (Å²) in [5.41, 5.74) is 0.485. The minimum Gasteiger partial charge on any atom is -0.465 e. The first kappa shape index (κ1) is 12.0. The average molecular weight is 260 g/mol. The fraction of sp³-hybridized carbons (Fsp3) is 0.462. The lowest BCUT2D eigenvalue weighted by molar-refractivity contribution is -0.00447. The van der Waals surface area contributed by atoms with Gasteiger partial charge in [-0.15, -0.1) is 0 Å². The Morgan fingerprint density at radius 3 is 3.05 bits per heavy atom. The summed E-state index contributed by atoms with van der Waals surface area (Å²) in [5.74, 6) is 0.824. The van der Waals surface area contributed by atoms with Gasteiger partial charge in [-0.3, -0.25) is 4.90 Å². The summed E-state index contributed by atoms with van der Waals surface area (Å²) in [7, 11) is 0. The van der Waals surface area contributed by atoms with Gasteiger partial charge >= 0.3 is 6.09 Å². The normalized spacial score (nSPS) is 24.9. The van der Waals surface area contributed by atoms with Crippen LogP contribution in [-0.4, -0.2) is 44.8 Å². The Bertz CT molecular complexity index is 541. The number of likely N-dealkylation sites (tertiary alicyclic amines) is 1. The van der Waals surface area contributed by atoms with Crippen LogP contribution in [0.25, 0.3) is 6.08 Å². The summed E-state index contributed by atoms with van der Waals surface area (Å²) in [6, 6.07) is 0. The van der Waals surface area contributed by atoms with Gasteiger partial charge in [0.1, 0.15) is 17.8 Å². The Hall–Kier alpha value is -2.11. The third-order valence-corrected chi connectivity index (χ3v) is 4.10. The minimum atomic E-state index is -0.863. The molecular formula is C13H16N4O2. The number of fused-ring (bicyclic) bond motifs is 1. The van der Waals surface area contributed by atoms with Crippen LogP contribution < -0.4 is 4.90 Å². The summed E-state index contributed by atoms with van der Waals surface area (Å²) < 4.78 is 0. The summed E-state index contributed by atoms with van der Waals surface area (Å²) in [5, 5.41) is 9.33. The number of nitrogens with zero attached hydrogens (tertiary/aromatic N) is 4. The van der Waals surface area contributed by atoms with Gasteiger partial charge in [0.15, 0.2) is 0 Å². The molecule has 0 aliphatic carbocycles. The molecule has 0 spiro atoms. The van der Waals surface area contributed by atoms with Gasteiger partial charge in [0.05, 0.1) is 0 Å². The summed E-state index contributed by atoms with van der Waals surface area (Å²) in [6.45, 7) is 3.29. The molecule has 100 valence electrons. The zero-order valence-corrected chi connectivity index (χ0v) is 10.8. The SMILES string of the molecule is CCC1(N2CC=Cc3cncnc32)CCN1C(=O)O. The van der Waals surface area contributed by atoms with Gasteiger partial charge in [0.25, 0.3) is 0 Å². The largest absolute Gasteiger partial charge is 0.465 e. The standard InChI is InChI=1S/C13H16N4O2/c1-2-13(5-7-17(13)12(18)19)16-6-3-4-10-8-14-9-15-11(10)16/h3-4,8-9H,2,5-7H2,1H3,(H,18,19). The van der Waals surface area contributed by atoms with Gasteiger partial charge in [-0.2, -0.15) is 0 Å². The monoisotopic (exact) mass is 260 g/mol. The van der Waals surface area contributed by atoms with E-state index < -0.39 is 11.8 Å². The molecule has 1 amide bonds. The summed E-state index contributed by atoms with van der Waals surface area (Å²) in [4.78, 5) is 23.3. The van der Waals surface area contributed by atoms with Crippen LogP contribution in [-0.2, 0) is 0 Å². The molecule has 3 heterocycles. The van der Waals surface area contributed by atoms with E-state index in [0.29, 0.717) is 13.1 Å². The highest BCUT2D eigenvalue weighted by molar-refractivity contribution is 5.72. The highest BCUT2D eigenvalue weighted by Crippen LogP contribution is 2.41. The molecule has 0 saturated carbocycles. The van der Waals surface area contributed by atoms with E-state index in [4.69, 9.17) is 0 Å². The number of aromatic nitrogens is 2. The van der Waals surface area contributed by atoms with E-state index >= 15 is 0 Å². The van der Waals surface area contributed by atoms with Crippen LogP contribution in [0.4, 0.5) is 10.6 Å². The molecule has 3 rings (SSSR count). The van der Waals surface area contributed by atoms with Gasteiger partial charge in [0, 0.05) is 31.3 Å². The fourth-order valence-electron chi connectivity index (χ4n) is 3.01. The van der Waals surface area contributed by atoms with Gasteiger partial charge in [-0.05, 0) is 6.42 Å². The van der Waals surface area contributed by atoms with Gasteiger partial charge in [-0.1, -0.05) is 19.1 Å². The molecule has 6 heteroatoms. The molecule has 0 aromatic carbocycles. The van der Waals surface area contributed by atoms with E-state index in [1.54, 1.807) is 6.20 Å². The van der Waals surface area contributed by atoms with Crippen LogP contribution in [0.2, 0.25) is 0 Å². The van der Waals surface area contributed by atoms with Gasteiger partial charge in [-0.25, -0.2) is 14.8 Å². The molecule has 0 radical (unpaired) electrons. The highest BCUT2D eigenvalue weighted by atomic mass is 16.4. The second-order valence-corrected chi connectivity index (χ2v) is 4.83. The van der Waals surface area contributed by atoms with E-state index in [-0.39, 0.29) is 0 Å². The second kappa shape index (κ2) is 4.22. The quantitative estimate of drug-likeness (QED) is 0.878. The van der Waals surface area contributed by atoms with Crippen molar-refractivity contribution in [1.82, 2.24) is 14.9 Å². The maximum Gasteiger partial charge on any atom is 0.409 e. The fourth-order valence-corrected chi connectivity index (χ4v) is 3.01. The molecule has 2 aliphatic heterocycles. The van der Waals surface area contributed by atoms with Crippen LogP contribution >= 0.6 is 0 Å². The van der Waals surface area contributed by atoms with E-state index in [9.17, 15) is 9.90 Å². The molecule has 1 fully saturated rings. The Kier molecular flexibility index (Phi) is 2.66. The van der Waals surface area contributed by atoms with Crippen LogP contribution in [0.5, 0.6) is 0 Å². The molecule has 1 saturated heterocycles. The molecule has 19 heavy (non-hydrogen) atoms. The number of amides is 1. The lowest BCUT2D eigenvalue weighted by atomic mass is 9.88. The Labute approximate surface area is 111 Å². The Morgan fingerprint density at radius 1 is 1.58 bits per heavy atom. The van der Waals surface area contributed by atoms with Crippen molar-refractivity contribution in [2.24, 2.45) is 0 Å². The topological polar surface area (TPSA) is 69.6 Å². The molecule has 0 bridgehead atoms. The summed E-state index contributed by atoms with van der Waals surface area (Å²) >= 11 is 0. The second-order valence-electron chi connectivity index (χ2n) is 4.83. The Morgan fingerprint density at radius 2 is 2.42 bits per heavy atom. The molecule has 2 aliphatic rings. The number of hydrogen-bond donors (Lipinski definition) is 1. The van der Waals surface area contributed by atoms with E-state index in [1.165, 1.54) is 11.2 Å². The lowest BCUT2D eigenvalue weighted by Gasteiger charge is -2.57. The smallest absolute Gasteiger partial charge is 0.409 e. The van der Waals surface area contributed by atoms with Crippen molar-refractivity contribution in [3.63, 3.8) is 0 Å². The molecule has 1 aromatic heterocycles. The first-order chi connectivity index (χ1) is 9.19. The molecule has 1 unspecified atom stereocenters. The van der Waals surface area contributed by atoms with Crippen molar-refractivity contribution in [1.29, 1.82) is 0 Å². The molecule has 6 nitrogen and oxygen atoms in total. The predicted octanol–water partition coefficient (Wildman–Crippen LogP) is 1.80. The number of carbonyl (C=O) groups is 1. The molecule has 1 atom stereocenters. The van der Waals surface area contributed by atoms with E-state index in [1.807, 2.05) is 19.1 Å². The van der Waals surface area contributed by atoms with Crippen molar-refractivity contribution in [3.05, 3.63) is 24.2 Å². The lowest BCUT2D eigenvalue weighted by Crippen LogP contribution is -2.71. The van der Waals surface area contributed by atoms with Crippen LogP contribution in [0.3, 0.4) is 0 Å². The highest BCUT2D eigenvalue weighted by Gasteiger charge is 2.51. The zero-order chi connectivity index (χ0) is 13.5. The molecule has 1 N–H and O–H groups in total. The van der Waals surface area contributed by atoms with Crippen LogP contribution in [0.1, 0.15) is 25.3 Å². The minimum absolute atomic E-state index is 0.459. The first-order valence-corrected chi connectivity index (χ1v) is 6.44. The predicted molar refractivity (Wildman–Crippen MR) is 70.8 cm³/mol. The van der Waals surface area contributed by atoms with Crippen molar-refractivity contribution in [2.45, 2.75) is 25.4 Å². The molecule has 1 aromatic rings. The maximum absolute atomic E-state index is 11.4.